The molecule has 1 heterocycles. The minimum absolute atomic E-state index is 0.543. The molecular formula is C15H19N3S. The van der Waals surface area contributed by atoms with Crippen molar-refractivity contribution in [2.75, 3.05) is 13.1 Å². The Morgan fingerprint density at radius 3 is 2.84 bits per heavy atom. The van der Waals surface area contributed by atoms with Crippen LogP contribution in [0.4, 0.5) is 0 Å². The molecule has 0 radical (unpaired) electrons. The summed E-state index contributed by atoms with van der Waals surface area (Å²) in [5.74, 6) is 0. The number of benzene rings is 1. The summed E-state index contributed by atoms with van der Waals surface area (Å²) < 4.78 is 0. The number of thiocarbonyl (C=S) groups is 1. The number of nitrogens with two attached hydrogens (primary N) is 1. The van der Waals surface area contributed by atoms with Crippen molar-refractivity contribution in [3.63, 3.8) is 0 Å². The number of hydrogen-bond donors (Lipinski definition) is 1. The van der Waals surface area contributed by atoms with E-state index in [0.717, 1.165) is 25.0 Å². The molecule has 0 fully saturated rings. The van der Waals surface area contributed by atoms with Crippen molar-refractivity contribution in [1.29, 1.82) is 0 Å². The number of rotatable bonds is 6. The predicted octanol–water partition coefficient (Wildman–Crippen LogP) is 2.73. The molecule has 19 heavy (non-hydrogen) atoms. The molecule has 0 saturated heterocycles. The molecule has 2 aromatic rings. The van der Waals surface area contributed by atoms with Gasteiger partial charge in [-0.25, -0.2) is 0 Å². The van der Waals surface area contributed by atoms with E-state index < -0.39 is 0 Å². The van der Waals surface area contributed by atoms with Crippen LogP contribution in [0.15, 0.2) is 36.5 Å². The lowest BCUT2D eigenvalue weighted by Gasteiger charge is -2.21. The van der Waals surface area contributed by atoms with Crippen molar-refractivity contribution >= 4 is 28.1 Å². The first kappa shape index (κ1) is 13.9. The van der Waals surface area contributed by atoms with E-state index in [0.29, 0.717) is 11.5 Å². The van der Waals surface area contributed by atoms with Gasteiger partial charge in [-0.1, -0.05) is 43.4 Å². The average Bonchev–Trinajstić information content (AvgIpc) is 2.39. The molecule has 0 amide bonds. The van der Waals surface area contributed by atoms with Gasteiger partial charge in [0.05, 0.1) is 10.5 Å². The highest BCUT2D eigenvalue weighted by Crippen LogP contribution is 2.17. The monoisotopic (exact) mass is 273 g/mol. The summed E-state index contributed by atoms with van der Waals surface area (Å²) in [5, 5.41) is 1.17. The number of fused-ring (bicyclic) bond motifs is 1. The van der Waals surface area contributed by atoms with E-state index in [2.05, 4.69) is 41.1 Å². The normalized spacial score (nSPS) is 11.1. The van der Waals surface area contributed by atoms with Crippen LogP contribution < -0.4 is 5.73 Å². The third-order valence-electron chi connectivity index (χ3n) is 3.03. The van der Waals surface area contributed by atoms with Gasteiger partial charge in [0.25, 0.3) is 0 Å². The first-order valence-electron chi connectivity index (χ1n) is 6.54. The molecule has 100 valence electrons. The van der Waals surface area contributed by atoms with Gasteiger partial charge in [-0.2, -0.15) is 0 Å². The van der Waals surface area contributed by atoms with Crippen molar-refractivity contribution in [2.45, 2.75) is 19.9 Å². The van der Waals surface area contributed by atoms with Gasteiger partial charge in [0.1, 0.15) is 0 Å². The average molecular weight is 273 g/mol. The van der Waals surface area contributed by atoms with Crippen LogP contribution >= 0.6 is 12.2 Å². The number of pyridine rings is 1. The van der Waals surface area contributed by atoms with E-state index in [9.17, 15) is 0 Å². The lowest BCUT2D eigenvalue weighted by atomic mass is 10.1. The van der Waals surface area contributed by atoms with E-state index in [1.807, 2.05) is 12.3 Å². The standard InChI is InChI=1S/C15H19N3S/c1-2-9-18(11-14(16)19)10-13-6-3-5-12-7-4-8-17-15(12)13/h3-8H,2,9-11H2,1H3,(H2,16,19). The van der Waals surface area contributed by atoms with Crippen molar-refractivity contribution in [1.82, 2.24) is 9.88 Å². The van der Waals surface area contributed by atoms with Gasteiger partial charge in [-0.05, 0) is 24.6 Å². The molecule has 1 aromatic heterocycles. The summed E-state index contributed by atoms with van der Waals surface area (Å²) in [4.78, 5) is 7.30. The van der Waals surface area contributed by atoms with E-state index in [4.69, 9.17) is 18.0 Å². The van der Waals surface area contributed by atoms with Crippen LogP contribution in [0.5, 0.6) is 0 Å². The predicted molar refractivity (Wildman–Crippen MR) is 84.1 cm³/mol. The topological polar surface area (TPSA) is 42.1 Å². The molecule has 4 heteroatoms. The summed E-state index contributed by atoms with van der Waals surface area (Å²) in [6.45, 7) is 4.64. The Kier molecular flexibility index (Phi) is 4.82. The van der Waals surface area contributed by atoms with E-state index >= 15 is 0 Å². The summed E-state index contributed by atoms with van der Waals surface area (Å²) in [7, 11) is 0. The van der Waals surface area contributed by atoms with Crippen molar-refractivity contribution in [3.05, 3.63) is 42.1 Å². The highest BCUT2D eigenvalue weighted by atomic mass is 32.1. The third kappa shape index (κ3) is 3.72. The van der Waals surface area contributed by atoms with E-state index in [1.54, 1.807) is 0 Å². The Morgan fingerprint density at radius 2 is 2.11 bits per heavy atom. The lowest BCUT2D eigenvalue weighted by Crippen LogP contribution is -2.33. The smallest absolute Gasteiger partial charge is 0.0870 e. The number of hydrogen-bond acceptors (Lipinski definition) is 3. The van der Waals surface area contributed by atoms with Crippen molar-refractivity contribution < 1.29 is 0 Å². The molecule has 0 unspecified atom stereocenters. The third-order valence-corrected chi connectivity index (χ3v) is 3.16. The van der Waals surface area contributed by atoms with Gasteiger partial charge in [0, 0.05) is 24.7 Å². The van der Waals surface area contributed by atoms with E-state index in [-0.39, 0.29) is 0 Å². The Hall–Kier alpha value is -1.52. The van der Waals surface area contributed by atoms with Crippen LogP contribution in [0.25, 0.3) is 10.9 Å². The van der Waals surface area contributed by atoms with Gasteiger partial charge >= 0.3 is 0 Å². The fourth-order valence-electron chi connectivity index (χ4n) is 2.29. The molecule has 0 aliphatic rings. The second-order valence-corrected chi connectivity index (χ2v) is 5.19. The van der Waals surface area contributed by atoms with Crippen LogP contribution in [0.1, 0.15) is 18.9 Å². The first-order chi connectivity index (χ1) is 9.20. The Labute approximate surface area is 119 Å². The minimum atomic E-state index is 0.543. The molecule has 1 aromatic carbocycles. The first-order valence-corrected chi connectivity index (χ1v) is 6.95. The molecule has 2 N–H and O–H groups in total. The van der Waals surface area contributed by atoms with Gasteiger partial charge in [-0.15, -0.1) is 0 Å². The zero-order valence-electron chi connectivity index (χ0n) is 11.2. The Morgan fingerprint density at radius 1 is 1.32 bits per heavy atom. The van der Waals surface area contributed by atoms with Crippen molar-refractivity contribution in [3.8, 4) is 0 Å². The molecule has 0 saturated carbocycles. The van der Waals surface area contributed by atoms with E-state index in [1.165, 1.54) is 10.9 Å². The number of aromatic nitrogens is 1. The SMILES string of the molecule is CCCN(CC(N)=S)Cc1cccc2cccnc12. The van der Waals surface area contributed by atoms with Crippen LogP contribution in [-0.4, -0.2) is 28.0 Å². The summed E-state index contributed by atoms with van der Waals surface area (Å²) >= 11 is 5.02. The zero-order valence-corrected chi connectivity index (χ0v) is 12.0. The second kappa shape index (κ2) is 6.59. The summed E-state index contributed by atoms with van der Waals surface area (Å²) in [6.07, 6.45) is 2.92. The van der Waals surface area contributed by atoms with Gasteiger partial charge in [0.15, 0.2) is 0 Å². The molecule has 2 rings (SSSR count). The van der Waals surface area contributed by atoms with Gasteiger partial charge in [-0.3, -0.25) is 9.88 Å². The Balaban J connectivity index is 2.25. The van der Waals surface area contributed by atoms with Crippen molar-refractivity contribution in [2.24, 2.45) is 5.73 Å². The van der Waals surface area contributed by atoms with Crippen LogP contribution in [-0.2, 0) is 6.54 Å². The lowest BCUT2D eigenvalue weighted by molar-refractivity contribution is 0.305. The summed E-state index contributed by atoms with van der Waals surface area (Å²) in [6, 6.07) is 10.3. The van der Waals surface area contributed by atoms with Crippen LogP contribution in [0.3, 0.4) is 0 Å². The maximum Gasteiger partial charge on any atom is 0.0870 e. The summed E-state index contributed by atoms with van der Waals surface area (Å²) in [5.41, 5.74) is 7.95. The molecule has 0 bridgehead atoms. The highest BCUT2D eigenvalue weighted by Gasteiger charge is 2.09. The van der Waals surface area contributed by atoms with Crippen LogP contribution in [0, 0.1) is 0 Å². The fourth-order valence-corrected chi connectivity index (χ4v) is 2.47. The largest absolute Gasteiger partial charge is 0.392 e. The Bertz CT molecular complexity index is 563. The van der Waals surface area contributed by atoms with Gasteiger partial charge in [0.2, 0.25) is 0 Å². The number of para-hydroxylation sites is 1. The molecule has 0 aliphatic heterocycles. The number of nitrogens with zero attached hydrogens (tertiary/aromatic N) is 2. The maximum atomic E-state index is 5.66. The molecule has 3 nitrogen and oxygen atoms in total. The second-order valence-electron chi connectivity index (χ2n) is 4.67. The molecule has 0 spiro atoms. The minimum Gasteiger partial charge on any atom is -0.392 e. The van der Waals surface area contributed by atoms with Crippen LogP contribution in [0.2, 0.25) is 0 Å². The zero-order chi connectivity index (χ0) is 13.7. The quantitative estimate of drug-likeness (QED) is 0.822. The molecule has 0 atom stereocenters. The maximum absolute atomic E-state index is 5.66. The highest BCUT2D eigenvalue weighted by molar-refractivity contribution is 7.80. The molecular weight excluding hydrogens is 254 g/mol. The molecule has 0 aliphatic carbocycles. The fraction of sp³-hybridized carbons (Fsp3) is 0.333. The van der Waals surface area contributed by atoms with Gasteiger partial charge < -0.3 is 5.73 Å².